The molecular weight excluding hydrogens is 516 g/mol. The number of methoxy groups -OCH3 is 1. The van der Waals surface area contributed by atoms with Crippen LogP contribution < -0.4 is 4.74 Å². The third-order valence-electron chi connectivity index (χ3n) is 6.52. The Morgan fingerprint density at radius 1 is 0.974 bits per heavy atom. The first kappa shape index (κ1) is 25.1. The van der Waals surface area contributed by atoms with Crippen molar-refractivity contribution in [3.8, 4) is 22.9 Å². The van der Waals surface area contributed by atoms with Crippen LogP contribution in [0.25, 0.3) is 28.1 Å². The summed E-state index contributed by atoms with van der Waals surface area (Å²) in [6.07, 6.45) is 3.47. The van der Waals surface area contributed by atoms with E-state index in [1.807, 2.05) is 66.9 Å². The van der Waals surface area contributed by atoms with Crippen molar-refractivity contribution in [1.29, 1.82) is 0 Å². The van der Waals surface area contributed by atoms with Crippen LogP contribution in [0.3, 0.4) is 0 Å². The smallest absolute Gasteiger partial charge is 0.245 e. The minimum Gasteiger partial charge on any atom is -0.497 e. The summed E-state index contributed by atoms with van der Waals surface area (Å²) in [5, 5.41) is 5.76. The fraction of sp³-hybridized carbons (Fsp3) is 0.172. The molecule has 6 rings (SSSR count). The first-order chi connectivity index (χ1) is 19.0. The summed E-state index contributed by atoms with van der Waals surface area (Å²) in [6.45, 7) is 1.26. The normalized spacial score (nSPS) is 14.8. The zero-order chi connectivity index (χ0) is 26.8. The molecule has 1 saturated heterocycles. The van der Waals surface area contributed by atoms with Crippen molar-refractivity contribution in [3.05, 3.63) is 90.6 Å². The predicted molar refractivity (Wildman–Crippen MR) is 149 cm³/mol. The van der Waals surface area contributed by atoms with E-state index in [-0.39, 0.29) is 18.0 Å². The highest BCUT2D eigenvalue weighted by Gasteiger charge is 2.29. The van der Waals surface area contributed by atoms with Gasteiger partial charge >= 0.3 is 0 Å². The molecular formula is C29H26N4O5S. The molecule has 0 amide bonds. The molecule has 1 aliphatic rings. The van der Waals surface area contributed by atoms with Gasteiger partial charge in [0.15, 0.2) is 5.76 Å². The quantitative estimate of drug-likeness (QED) is 0.267. The van der Waals surface area contributed by atoms with Crippen molar-refractivity contribution in [3.63, 3.8) is 0 Å². The maximum Gasteiger partial charge on any atom is 0.245 e. The number of fused-ring (bicyclic) bond motifs is 1. The Labute approximate surface area is 226 Å². The van der Waals surface area contributed by atoms with E-state index >= 15 is 0 Å². The van der Waals surface area contributed by atoms with Crippen LogP contribution in [0, 0.1) is 0 Å². The Morgan fingerprint density at radius 3 is 2.51 bits per heavy atom. The van der Waals surface area contributed by atoms with Gasteiger partial charge in [-0.05, 0) is 36.4 Å². The second-order valence-electron chi connectivity index (χ2n) is 8.97. The molecule has 0 radical (unpaired) electrons. The number of hydrogen-bond donors (Lipinski definition) is 0. The number of sulfonamides is 1. The van der Waals surface area contributed by atoms with E-state index in [0.717, 1.165) is 16.7 Å². The topological polar surface area (TPSA) is 99.2 Å². The maximum absolute atomic E-state index is 13.6. The summed E-state index contributed by atoms with van der Waals surface area (Å²) < 4.78 is 47.1. The standard InChI is InChI=1S/C29H26N4O5S/c1-36-24-11-12-25(28(18-24)39(34,35)32-13-15-37-16-14-32)30-19-22-20-33(23-8-3-2-4-9-23)31-29(22)27-17-21-7-5-6-10-26(21)38-27/h2-12,17-20H,13-16H2,1H3. The fourth-order valence-electron chi connectivity index (χ4n) is 4.48. The number of furan rings is 1. The average Bonchev–Trinajstić information content (AvgIpc) is 3.61. The van der Waals surface area contributed by atoms with E-state index in [0.29, 0.717) is 41.7 Å². The molecule has 0 unspecified atom stereocenters. The highest BCUT2D eigenvalue weighted by atomic mass is 32.2. The van der Waals surface area contributed by atoms with Crippen molar-refractivity contribution < 1.29 is 22.3 Å². The highest BCUT2D eigenvalue weighted by molar-refractivity contribution is 7.89. The van der Waals surface area contributed by atoms with Crippen LogP contribution in [0.4, 0.5) is 5.69 Å². The number of aliphatic imine (C=N–C) groups is 1. The van der Waals surface area contributed by atoms with Gasteiger partial charge in [0.2, 0.25) is 10.0 Å². The summed E-state index contributed by atoms with van der Waals surface area (Å²) in [5.74, 6) is 1.02. The van der Waals surface area contributed by atoms with Crippen molar-refractivity contribution in [2.45, 2.75) is 4.90 Å². The molecule has 5 aromatic rings. The second kappa shape index (κ2) is 10.5. The van der Waals surface area contributed by atoms with Crippen molar-refractivity contribution >= 4 is 32.9 Å². The van der Waals surface area contributed by atoms with Gasteiger partial charge in [-0.3, -0.25) is 4.99 Å². The summed E-state index contributed by atoms with van der Waals surface area (Å²) in [5.41, 5.74) is 3.17. The van der Waals surface area contributed by atoms with Crippen molar-refractivity contribution in [2.24, 2.45) is 4.99 Å². The fourth-order valence-corrected chi connectivity index (χ4v) is 6.04. The molecule has 198 valence electrons. The van der Waals surface area contributed by atoms with E-state index in [1.165, 1.54) is 17.5 Å². The van der Waals surface area contributed by atoms with E-state index in [1.54, 1.807) is 23.0 Å². The molecule has 2 aromatic heterocycles. The predicted octanol–water partition coefficient (Wildman–Crippen LogP) is 5.07. The maximum atomic E-state index is 13.6. The Hall–Kier alpha value is -4.25. The summed E-state index contributed by atoms with van der Waals surface area (Å²) in [7, 11) is -2.33. The molecule has 9 nitrogen and oxygen atoms in total. The van der Waals surface area contributed by atoms with Gasteiger partial charge in [0.05, 0.1) is 31.7 Å². The monoisotopic (exact) mass is 542 g/mol. The van der Waals surface area contributed by atoms with E-state index in [2.05, 4.69) is 4.99 Å². The lowest BCUT2D eigenvalue weighted by atomic mass is 10.2. The van der Waals surface area contributed by atoms with E-state index < -0.39 is 10.0 Å². The molecule has 39 heavy (non-hydrogen) atoms. The molecule has 0 aliphatic carbocycles. The van der Waals surface area contributed by atoms with Crippen LogP contribution in [-0.4, -0.2) is 62.1 Å². The number of para-hydroxylation sites is 2. The minimum absolute atomic E-state index is 0.0701. The summed E-state index contributed by atoms with van der Waals surface area (Å²) in [4.78, 5) is 4.72. The lowest BCUT2D eigenvalue weighted by Gasteiger charge is -2.26. The number of ether oxygens (including phenoxy) is 2. The van der Waals surface area contributed by atoms with Gasteiger partial charge in [-0.25, -0.2) is 13.1 Å². The molecule has 0 saturated carbocycles. The Morgan fingerprint density at radius 2 is 1.74 bits per heavy atom. The molecule has 1 fully saturated rings. The average molecular weight is 543 g/mol. The number of morpholine rings is 1. The molecule has 0 atom stereocenters. The Bertz CT molecular complexity index is 1720. The first-order valence-electron chi connectivity index (χ1n) is 12.5. The van der Waals surface area contributed by atoms with Crippen LogP contribution in [-0.2, 0) is 14.8 Å². The zero-order valence-electron chi connectivity index (χ0n) is 21.2. The second-order valence-corrected chi connectivity index (χ2v) is 10.9. The first-order valence-corrected chi connectivity index (χ1v) is 13.9. The van der Waals surface area contributed by atoms with Gasteiger partial charge in [0, 0.05) is 42.5 Å². The SMILES string of the molecule is COc1ccc(N=Cc2cn(-c3ccccc3)nc2-c2cc3ccccc3o2)c(S(=O)(=O)N2CCOCC2)c1. The van der Waals surface area contributed by atoms with E-state index in [9.17, 15) is 8.42 Å². The molecule has 0 bridgehead atoms. The van der Waals surface area contributed by atoms with Crippen LogP contribution in [0.1, 0.15) is 5.56 Å². The highest BCUT2D eigenvalue weighted by Crippen LogP contribution is 2.33. The third-order valence-corrected chi connectivity index (χ3v) is 8.45. The number of benzene rings is 3. The van der Waals surface area contributed by atoms with Crippen molar-refractivity contribution in [1.82, 2.24) is 14.1 Å². The lowest BCUT2D eigenvalue weighted by molar-refractivity contribution is 0.0730. The van der Waals surface area contributed by atoms with Crippen LogP contribution in [0.5, 0.6) is 5.75 Å². The van der Waals surface area contributed by atoms with Gasteiger partial charge in [0.25, 0.3) is 0 Å². The van der Waals surface area contributed by atoms with Gasteiger partial charge in [-0.15, -0.1) is 0 Å². The molecule has 10 heteroatoms. The van der Waals surface area contributed by atoms with Gasteiger partial charge < -0.3 is 13.9 Å². The van der Waals surface area contributed by atoms with Gasteiger partial charge in [0.1, 0.15) is 21.9 Å². The van der Waals surface area contributed by atoms with Crippen molar-refractivity contribution in [2.75, 3.05) is 33.4 Å². The number of rotatable bonds is 7. The zero-order valence-corrected chi connectivity index (χ0v) is 22.0. The summed E-state index contributed by atoms with van der Waals surface area (Å²) in [6, 6.07) is 24.2. The van der Waals surface area contributed by atoms with Crippen LogP contribution >= 0.6 is 0 Å². The van der Waals surface area contributed by atoms with Gasteiger partial charge in [-0.1, -0.05) is 36.4 Å². The Kier molecular flexibility index (Phi) is 6.74. The molecule has 0 N–H and O–H groups in total. The van der Waals surface area contributed by atoms with Gasteiger partial charge in [-0.2, -0.15) is 9.40 Å². The summed E-state index contributed by atoms with van der Waals surface area (Å²) >= 11 is 0. The number of nitrogens with zero attached hydrogens (tertiary/aromatic N) is 4. The number of aromatic nitrogens is 2. The van der Waals surface area contributed by atoms with Crippen LogP contribution in [0.15, 0.2) is 99.4 Å². The third kappa shape index (κ3) is 4.97. The molecule has 1 aliphatic heterocycles. The Balaban J connectivity index is 1.45. The minimum atomic E-state index is -3.83. The molecule has 3 heterocycles. The lowest BCUT2D eigenvalue weighted by Crippen LogP contribution is -2.40. The van der Waals surface area contributed by atoms with Crippen LogP contribution in [0.2, 0.25) is 0 Å². The van der Waals surface area contributed by atoms with E-state index in [4.69, 9.17) is 19.0 Å². The molecule has 3 aromatic carbocycles. The largest absolute Gasteiger partial charge is 0.497 e. The molecule has 0 spiro atoms. The number of hydrogen-bond acceptors (Lipinski definition) is 7.